The lowest BCUT2D eigenvalue weighted by Gasteiger charge is -2.10. The van der Waals surface area contributed by atoms with Crippen LogP contribution in [0.5, 0.6) is 5.75 Å². The number of methoxy groups -OCH3 is 1. The first kappa shape index (κ1) is 11.3. The molecule has 0 amide bonds. The average Bonchev–Trinajstić information content (AvgIpc) is 2.38. The van der Waals surface area contributed by atoms with Gasteiger partial charge in [-0.15, -0.1) is 0 Å². The number of ether oxygens (including phenoxy) is 1. The number of pyridine rings is 1. The fraction of sp³-hybridized carbons (Fsp3) is 0.250. The van der Waals surface area contributed by atoms with E-state index in [4.69, 9.17) is 4.74 Å². The number of nitrogens with zero attached hydrogens (tertiary/aromatic N) is 3. The lowest BCUT2D eigenvalue weighted by atomic mass is 10.1. The van der Waals surface area contributed by atoms with Crippen molar-refractivity contribution >= 4 is 5.82 Å². The Balaban J connectivity index is 2.54. The van der Waals surface area contributed by atoms with Crippen LogP contribution in [0.3, 0.4) is 0 Å². The van der Waals surface area contributed by atoms with E-state index in [2.05, 4.69) is 20.3 Å². The zero-order valence-electron chi connectivity index (χ0n) is 10.1. The van der Waals surface area contributed by atoms with Gasteiger partial charge in [0.1, 0.15) is 12.0 Å². The summed E-state index contributed by atoms with van der Waals surface area (Å²) in [6.45, 7) is 1.94. The Kier molecular flexibility index (Phi) is 3.18. The molecule has 5 nitrogen and oxygen atoms in total. The van der Waals surface area contributed by atoms with Gasteiger partial charge in [-0.1, -0.05) is 0 Å². The Morgan fingerprint density at radius 3 is 2.59 bits per heavy atom. The zero-order valence-corrected chi connectivity index (χ0v) is 10.1. The van der Waals surface area contributed by atoms with Gasteiger partial charge in [-0.2, -0.15) is 0 Å². The predicted molar refractivity (Wildman–Crippen MR) is 66.1 cm³/mol. The quantitative estimate of drug-likeness (QED) is 0.872. The van der Waals surface area contributed by atoms with E-state index in [1.807, 2.05) is 19.1 Å². The Hall–Kier alpha value is -2.17. The molecule has 2 aromatic heterocycles. The largest absolute Gasteiger partial charge is 0.491 e. The van der Waals surface area contributed by atoms with Crippen LogP contribution >= 0.6 is 0 Å². The standard InChI is InChI=1S/C12H14N4O/c1-8-4-5-9(6-14-8)10-11(17-3)12(13-2)16-7-15-10/h4-7H,1-3H3,(H,13,15,16). The van der Waals surface area contributed by atoms with Crippen LogP contribution in [-0.2, 0) is 0 Å². The van der Waals surface area contributed by atoms with Crippen molar-refractivity contribution < 1.29 is 4.74 Å². The molecule has 0 aliphatic carbocycles. The third kappa shape index (κ3) is 2.18. The van der Waals surface area contributed by atoms with Crippen molar-refractivity contribution in [3.8, 4) is 17.0 Å². The smallest absolute Gasteiger partial charge is 0.187 e. The molecule has 0 aliphatic heterocycles. The molecule has 0 aliphatic rings. The summed E-state index contributed by atoms with van der Waals surface area (Å²) < 4.78 is 5.34. The minimum Gasteiger partial charge on any atom is -0.491 e. The highest BCUT2D eigenvalue weighted by Crippen LogP contribution is 2.32. The maximum Gasteiger partial charge on any atom is 0.187 e. The Labute approximate surface area is 99.9 Å². The first-order chi connectivity index (χ1) is 8.26. The van der Waals surface area contributed by atoms with Gasteiger partial charge >= 0.3 is 0 Å². The van der Waals surface area contributed by atoms with Gasteiger partial charge in [-0.05, 0) is 19.1 Å². The van der Waals surface area contributed by atoms with E-state index in [0.717, 1.165) is 17.0 Å². The summed E-state index contributed by atoms with van der Waals surface area (Å²) in [5.41, 5.74) is 2.61. The van der Waals surface area contributed by atoms with Crippen LogP contribution in [0, 0.1) is 6.92 Å². The fourth-order valence-electron chi connectivity index (χ4n) is 1.56. The van der Waals surface area contributed by atoms with E-state index in [0.29, 0.717) is 11.6 Å². The highest BCUT2D eigenvalue weighted by Gasteiger charge is 2.12. The number of anilines is 1. The summed E-state index contributed by atoms with van der Waals surface area (Å²) in [6.07, 6.45) is 3.28. The van der Waals surface area contributed by atoms with Crippen molar-refractivity contribution in [3.05, 3.63) is 30.4 Å². The van der Waals surface area contributed by atoms with Crippen molar-refractivity contribution in [1.82, 2.24) is 15.0 Å². The second-order valence-corrected chi connectivity index (χ2v) is 3.54. The summed E-state index contributed by atoms with van der Waals surface area (Å²) in [5.74, 6) is 1.29. The number of aromatic nitrogens is 3. The second-order valence-electron chi connectivity index (χ2n) is 3.54. The molecule has 0 radical (unpaired) electrons. The molecule has 0 saturated carbocycles. The maximum atomic E-state index is 5.34. The minimum absolute atomic E-state index is 0.626. The van der Waals surface area contributed by atoms with Crippen LogP contribution in [0.4, 0.5) is 5.82 Å². The molecule has 2 aromatic rings. The van der Waals surface area contributed by atoms with Gasteiger partial charge in [-0.25, -0.2) is 9.97 Å². The van der Waals surface area contributed by atoms with E-state index in [1.54, 1.807) is 20.4 Å². The minimum atomic E-state index is 0.626. The van der Waals surface area contributed by atoms with Crippen molar-refractivity contribution in [3.63, 3.8) is 0 Å². The first-order valence-corrected chi connectivity index (χ1v) is 5.26. The molecule has 0 atom stereocenters. The number of aryl methyl sites for hydroxylation is 1. The van der Waals surface area contributed by atoms with Crippen molar-refractivity contribution in [2.45, 2.75) is 6.92 Å². The van der Waals surface area contributed by atoms with Gasteiger partial charge in [0.2, 0.25) is 0 Å². The third-order valence-electron chi connectivity index (χ3n) is 2.43. The van der Waals surface area contributed by atoms with Gasteiger partial charge in [0.05, 0.1) is 7.11 Å². The van der Waals surface area contributed by atoms with Crippen LogP contribution in [0.15, 0.2) is 24.7 Å². The molecule has 88 valence electrons. The number of rotatable bonds is 3. The topological polar surface area (TPSA) is 59.9 Å². The molecule has 5 heteroatoms. The van der Waals surface area contributed by atoms with Gasteiger partial charge < -0.3 is 10.1 Å². The van der Waals surface area contributed by atoms with Crippen LogP contribution in [-0.4, -0.2) is 29.1 Å². The Morgan fingerprint density at radius 1 is 1.18 bits per heavy atom. The lowest BCUT2D eigenvalue weighted by Crippen LogP contribution is -2.00. The highest BCUT2D eigenvalue weighted by atomic mass is 16.5. The van der Waals surface area contributed by atoms with Crippen molar-refractivity contribution in [2.24, 2.45) is 0 Å². The Bertz CT molecular complexity index is 510. The second kappa shape index (κ2) is 4.78. The fourth-order valence-corrected chi connectivity index (χ4v) is 1.56. The summed E-state index contributed by atoms with van der Waals surface area (Å²) >= 11 is 0. The normalized spacial score (nSPS) is 10.1. The molecule has 0 aromatic carbocycles. The van der Waals surface area contributed by atoms with E-state index in [9.17, 15) is 0 Å². The van der Waals surface area contributed by atoms with E-state index in [1.165, 1.54) is 6.33 Å². The summed E-state index contributed by atoms with van der Waals surface area (Å²) in [5, 5.41) is 2.97. The molecule has 2 heterocycles. The third-order valence-corrected chi connectivity index (χ3v) is 2.43. The number of hydrogen-bond donors (Lipinski definition) is 1. The zero-order chi connectivity index (χ0) is 12.3. The molecule has 0 saturated heterocycles. The molecular weight excluding hydrogens is 216 g/mol. The van der Waals surface area contributed by atoms with E-state index < -0.39 is 0 Å². The van der Waals surface area contributed by atoms with Crippen LogP contribution in [0.1, 0.15) is 5.69 Å². The number of nitrogens with one attached hydrogen (secondary N) is 1. The molecule has 17 heavy (non-hydrogen) atoms. The van der Waals surface area contributed by atoms with Gasteiger partial charge in [0, 0.05) is 24.5 Å². The van der Waals surface area contributed by atoms with Crippen molar-refractivity contribution in [1.29, 1.82) is 0 Å². The molecule has 0 fully saturated rings. The molecule has 1 N–H and O–H groups in total. The monoisotopic (exact) mass is 230 g/mol. The van der Waals surface area contributed by atoms with Gasteiger partial charge in [0.15, 0.2) is 11.6 Å². The molecule has 0 spiro atoms. The van der Waals surface area contributed by atoms with E-state index in [-0.39, 0.29) is 0 Å². The summed E-state index contributed by atoms with van der Waals surface area (Å²) in [6, 6.07) is 3.91. The SMILES string of the molecule is CNc1ncnc(-c2ccc(C)nc2)c1OC. The summed E-state index contributed by atoms with van der Waals surface area (Å²) in [4.78, 5) is 12.6. The predicted octanol–water partition coefficient (Wildman–Crippen LogP) is 1.90. The van der Waals surface area contributed by atoms with Gasteiger partial charge in [0.25, 0.3) is 0 Å². The average molecular weight is 230 g/mol. The Morgan fingerprint density at radius 2 is 2.00 bits per heavy atom. The lowest BCUT2D eigenvalue weighted by molar-refractivity contribution is 0.415. The summed E-state index contributed by atoms with van der Waals surface area (Å²) in [7, 11) is 3.40. The van der Waals surface area contributed by atoms with Crippen LogP contribution in [0.25, 0.3) is 11.3 Å². The van der Waals surface area contributed by atoms with E-state index >= 15 is 0 Å². The number of hydrogen-bond acceptors (Lipinski definition) is 5. The molecule has 2 rings (SSSR count). The van der Waals surface area contributed by atoms with Gasteiger partial charge in [-0.3, -0.25) is 4.98 Å². The van der Waals surface area contributed by atoms with Crippen LogP contribution < -0.4 is 10.1 Å². The highest BCUT2D eigenvalue weighted by molar-refractivity contribution is 5.71. The van der Waals surface area contributed by atoms with Crippen molar-refractivity contribution in [2.75, 3.05) is 19.5 Å². The molecular formula is C12H14N4O. The molecule has 0 bridgehead atoms. The van der Waals surface area contributed by atoms with Crippen LogP contribution in [0.2, 0.25) is 0 Å². The first-order valence-electron chi connectivity index (χ1n) is 5.26. The maximum absolute atomic E-state index is 5.34. The molecule has 0 unspecified atom stereocenters.